The first kappa shape index (κ1) is 25.6. The van der Waals surface area contributed by atoms with Crippen LogP contribution in [0.15, 0.2) is 47.1 Å². The summed E-state index contributed by atoms with van der Waals surface area (Å²) >= 11 is 0. The average molecular weight is 472 g/mol. The molecule has 2 N–H and O–H groups in total. The van der Waals surface area contributed by atoms with E-state index in [0.717, 1.165) is 17.0 Å². The van der Waals surface area contributed by atoms with Crippen molar-refractivity contribution in [3.8, 4) is 11.3 Å². The number of aromatic nitrogens is 3. The lowest BCUT2D eigenvalue weighted by molar-refractivity contribution is -0.141. The number of methoxy groups -OCH3 is 1. The molecule has 0 bridgehead atoms. The van der Waals surface area contributed by atoms with Crippen molar-refractivity contribution in [1.29, 1.82) is 0 Å². The summed E-state index contributed by atoms with van der Waals surface area (Å²) in [6, 6.07) is 11.1. The van der Waals surface area contributed by atoms with Crippen LogP contribution in [0.25, 0.3) is 11.3 Å². The predicted octanol–water partition coefficient (Wildman–Crippen LogP) is 3.75. The maximum Gasteiger partial charge on any atom is 0.249 e. The third-order valence-electron chi connectivity index (χ3n) is 5.50. The Balaban J connectivity index is 2.16. The molecule has 3 rings (SSSR count). The summed E-state index contributed by atoms with van der Waals surface area (Å²) in [6.45, 7) is 7.72. The van der Waals surface area contributed by atoms with Gasteiger partial charge < -0.3 is 24.5 Å². The minimum absolute atomic E-state index is 0.156. The molecule has 0 aliphatic rings. The first-order valence-electron chi connectivity index (χ1n) is 11.3. The molecule has 0 spiro atoms. The van der Waals surface area contributed by atoms with E-state index >= 15 is 0 Å². The molecule has 0 fully saturated rings. The highest BCUT2D eigenvalue weighted by Gasteiger charge is 2.39. The fourth-order valence-corrected chi connectivity index (χ4v) is 4.03. The van der Waals surface area contributed by atoms with Crippen LogP contribution in [0.2, 0.25) is 0 Å². The highest BCUT2D eigenvalue weighted by atomic mass is 19.1. The first-order chi connectivity index (χ1) is 16.1. The van der Waals surface area contributed by atoms with Gasteiger partial charge in [-0.15, -0.1) is 0 Å². The summed E-state index contributed by atoms with van der Waals surface area (Å²) in [7, 11) is 1.44. The van der Waals surface area contributed by atoms with Crippen LogP contribution in [0.3, 0.4) is 0 Å². The largest absolute Gasteiger partial charge is 0.375 e. The van der Waals surface area contributed by atoms with Crippen molar-refractivity contribution in [2.75, 3.05) is 26.8 Å². The summed E-state index contributed by atoms with van der Waals surface area (Å²) in [5.41, 5.74) is 7.51. The Morgan fingerprint density at radius 1 is 1.29 bits per heavy atom. The highest BCUT2D eigenvalue weighted by molar-refractivity contribution is 5.78. The number of benzene rings is 1. The van der Waals surface area contributed by atoms with Crippen molar-refractivity contribution in [2.45, 2.75) is 46.5 Å². The summed E-state index contributed by atoms with van der Waals surface area (Å²) in [6.07, 6.45) is 0.559. The number of hydrogen-bond acceptors (Lipinski definition) is 6. The molecule has 1 aromatic carbocycles. The molecule has 2 aromatic heterocycles. The van der Waals surface area contributed by atoms with E-state index in [2.05, 4.69) is 5.16 Å². The lowest BCUT2D eigenvalue weighted by Crippen LogP contribution is -2.47. The standard InChI is InChI=1S/C25H34FN5O3/c1-17-11-20(29-34-17)14-30-15-21(18-9-7-6-8-10-18)28-24(30)23(25(2,3)4)31(13-19(26)12-27)22(32)16-33-5/h6-11,15,19,23H,12-14,16,27H2,1-5H3. The third kappa shape index (κ3) is 6.09. The van der Waals surface area contributed by atoms with Gasteiger partial charge in [0, 0.05) is 31.5 Å². The summed E-state index contributed by atoms with van der Waals surface area (Å²) in [5, 5.41) is 4.13. The lowest BCUT2D eigenvalue weighted by Gasteiger charge is -2.40. The zero-order valence-corrected chi connectivity index (χ0v) is 20.5. The smallest absolute Gasteiger partial charge is 0.249 e. The number of alkyl halides is 1. The van der Waals surface area contributed by atoms with Crippen molar-refractivity contribution in [2.24, 2.45) is 11.1 Å². The number of amides is 1. The van der Waals surface area contributed by atoms with Crippen LogP contribution in [0.1, 0.15) is 44.1 Å². The number of ether oxygens (including phenoxy) is 1. The van der Waals surface area contributed by atoms with Gasteiger partial charge in [-0.05, 0) is 12.3 Å². The van der Waals surface area contributed by atoms with Crippen molar-refractivity contribution < 1.29 is 18.4 Å². The van der Waals surface area contributed by atoms with Crippen LogP contribution in [-0.4, -0.2) is 58.5 Å². The van der Waals surface area contributed by atoms with Crippen molar-refractivity contribution >= 4 is 5.91 Å². The third-order valence-corrected chi connectivity index (χ3v) is 5.50. The van der Waals surface area contributed by atoms with Gasteiger partial charge in [-0.1, -0.05) is 56.3 Å². The minimum atomic E-state index is -1.37. The summed E-state index contributed by atoms with van der Waals surface area (Å²) in [4.78, 5) is 19.6. The number of nitrogens with zero attached hydrogens (tertiary/aromatic N) is 4. The fraction of sp³-hybridized carbons (Fsp3) is 0.480. The molecule has 0 aliphatic heterocycles. The molecule has 34 heavy (non-hydrogen) atoms. The Hall–Kier alpha value is -3.04. The van der Waals surface area contributed by atoms with Crippen molar-refractivity contribution in [3.05, 3.63) is 59.9 Å². The fourth-order valence-electron chi connectivity index (χ4n) is 4.03. The molecule has 3 aromatic rings. The Labute approximate surface area is 199 Å². The molecule has 0 saturated heterocycles. The van der Waals surface area contributed by atoms with Crippen molar-refractivity contribution in [1.82, 2.24) is 19.6 Å². The Morgan fingerprint density at radius 3 is 2.56 bits per heavy atom. The second-order valence-electron chi connectivity index (χ2n) is 9.49. The minimum Gasteiger partial charge on any atom is -0.375 e. The van der Waals surface area contributed by atoms with Crippen LogP contribution in [0.4, 0.5) is 4.39 Å². The number of nitrogens with two attached hydrogens (primary N) is 1. The quantitative estimate of drug-likeness (QED) is 0.483. The molecule has 0 aliphatic carbocycles. The van der Waals surface area contributed by atoms with Gasteiger partial charge in [-0.3, -0.25) is 4.79 Å². The van der Waals surface area contributed by atoms with Gasteiger partial charge in [0.1, 0.15) is 30.1 Å². The number of imidazole rings is 1. The summed E-state index contributed by atoms with van der Waals surface area (Å²) in [5.74, 6) is 1.000. The number of carbonyl (C=O) groups excluding carboxylic acids is 1. The van der Waals surface area contributed by atoms with Gasteiger partial charge in [0.05, 0.1) is 24.8 Å². The second-order valence-corrected chi connectivity index (χ2v) is 9.49. The second kappa shape index (κ2) is 10.9. The van der Waals surface area contributed by atoms with E-state index in [-0.39, 0.29) is 25.6 Å². The van der Waals surface area contributed by atoms with E-state index in [4.69, 9.17) is 20.0 Å². The van der Waals surface area contributed by atoms with E-state index < -0.39 is 17.6 Å². The zero-order chi connectivity index (χ0) is 24.9. The number of rotatable bonds is 10. The normalized spacial score (nSPS) is 13.6. The van der Waals surface area contributed by atoms with Gasteiger partial charge in [-0.2, -0.15) is 0 Å². The lowest BCUT2D eigenvalue weighted by atomic mass is 9.84. The van der Waals surface area contributed by atoms with Crippen LogP contribution >= 0.6 is 0 Å². The van der Waals surface area contributed by atoms with Crippen LogP contribution < -0.4 is 5.73 Å². The SMILES string of the molecule is COCC(=O)N(CC(F)CN)C(c1nc(-c2ccccc2)cn1Cc1cc(C)on1)C(C)(C)C. The van der Waals surface area contributed by atoms with Gasteiger partial charge in [-0.25, -0.2) is 9.37 Å². The van der Waals surface area contributed by atoms with Gasteiger partial charge in [0.25, 0.3) is 0 Å². The molecule has 0 radical (unpaired) electrons. The van der Waals surface area contributed by atoms with Crippen LogP contribution in [0.5, 0.6) is 0 Å². The molecule has 2 unspecified atom stereocenters. The van der Waals surface area contributed by atoms with E-state index in [9.17, 15) is 9.18 Å². The highest BCUT2D eigenvalue weighted by Crippen LogP contribution is 2.39. The molecule has 184 valence electrons. The van der Waals surface area contributed by atoms with E-state index in [1.165, 1.54) is 12.0 Å². The number of aryl methyl sites for hydroxylation is 1. The molecule has 9 heteroatoms. The Kier molecular flexibility index (Phi) is 8.22. The monoisotopic (exact) mass is 471 g/mol. The van der Waals surface area contributed by atoms with Gasteiger partial charge in [0.2, 0.25) is 5.91 Å². The van der Waals surface area contributed by atoms with E-state index in [0.29, 0.717) is 18.1 Å². The van der Waals surface area contributed by atoms with Crippen LogP contribution in [0, 0.1) is 12.3 Å². The number of hydrogen-bond donors (Lipinski definition) is 1. The molecular formula is C25H34FN5O3. The molecule has 8 nitrogen and oxygen atoms in total. The molecule has 1 amide bonds. The topological polar surface area (TPSA) is 99.4 Å². The van der Waals surface area contributed by atoms with E-state index in [1.807, 2.05) is 74.9 Å². The average Bonchev–Trinajstić information content (AvgIpc) is 3.39. The van der Waals surface area contributed by atoms with E-state index in [1.54, 1.807) is 0 Å². The molecular weight excluding hydrogens is 437 g/mol. The van der Waals surface area contributed by atoms with Gasteiger partial charge >= 0.3 is 0 Å². The Morgan fingerprint density at radius 2 is 2.00 bits per heavy atom. The number of halogens is 1. The Bertz CT molecular complexity index is 1070. The maximum atomic E-state index is 14.6. The van der Waals surface area contributed by atoms with Crippen molar-refractivity contribution in [3.63, 3.8) is 0 Å². The predicted molar refractivity (Wildman–Crippen MR) is 128 cm³/mol. The molecule has 0 saturated carbocycles. The zero-order valence-electron chi connectivity index (χ0n) is 20.5. The molecule has 2 heterocycles. The van der Waals surface area contributed by atoms with Gasteiger partial charge in [0.15, 0.2) is 0 Å². The number of carbonyl (C=O) groups is 1. The maximum absolute atomic E-state index is 14.6. The molecule has 2 atom stereocenters. The first-order valence-corrected chi connectivity index (χ1v) is 11.3. The summed E-state index contributed by atoms with van der Waals surface area (Å²) < 4.78 is 26.9. The van der Waals surface area contributed by atoms with Crippen LogP contribution in [-0.2, 0) is 16.1 Å².